The third-order valence-corrected chi connectivity index (χ3v) is 4.00. The van der Waals surface area contributed by atoms with Crippen LogP contribution in [0.5, 0.6) is 0 Å². The van der Waals surface area contributed by atoms with E-state index in [2.05, 4.69) is 5.32 Å². The molecule has 0 amide bonds. The SMILES string of the molecule is Cc1cc(NCc2ccc(F)cc2)cc(=O)n1Cc1ccc(F)cc1. The zero-order valence-electron chi connectivity index (χ0n) is 13.8. The summed E-state index contributed by atoms with van der Waals surface area (Å²) in [4.78, 5) is 12.4. The molecule has 1 N–H and O–H groups in total. The molecule has 0 aliphatic rings. The molecule has 25 heavy (non-hydrogen) atoms. The van der Waals surface area contributed by atoms with E-state index < -0.39 is 0 Å². The van der Waals surface area contributed by atoms with E-state index in [-0.39, 0.29) is 17.2 Å². The van der Waals surface area contributed by atoms with Gasteiger partial charge in [-0.3, -0.25) is 4.79 Å². The number of hydrogen-bond donors (Lipinski definition) is 1. The van der Waals surface area contributed by atoms with Crippen LogP contribution in [0.3, 0.4) is 0 Å². The van der Waals surface area contributed by atoms with Crippen molar-refractivity contribution in [1.29, 1.82) is 0 Å². The van der Waals surface area contributed by atoms with Gasteiger partial charge in [0.25, 0.3) is 5.56 Å². The fourth-order valence-corrected chi connectivity index (χ4v) is 2.61. The number of halogens is 2. The van der Waals surface area contributed by atoms with Crippen LogP contribution in [0.1, 0.15) is 16.8 Å². The topological polar surface area (TPSA) is 34.0 Å². The number of hydrogen-bond acceptors (Lipinski definition) is 2. The fraction of sp³-hybridized carbons (Fsp3) is 0.150. The van der Waals surface area contributed by atoms with Gasteiger partial charge in [0.2, 0.25) is 0 Å². The highest BCUT2D eigenvalue weighted by molar-refractivity contribution is 5.44. The van der Waals surface area contributed by atoms with E-state index in [1.54, 1.807) is 28.8 Å². The largest absolute Gasteiger partial charge is 0.381 e. The third-order valence-electron chi connectivity index (χ3n) is 4.00. The molecule has 0 unspecified atom stereocenters. The second-order valence-corrected chi connectivity index (χ2v) is 5.92. The molecule has 0 radical (unpaired) electrons. The zero-order chi connectivity index (χ0) is 17.8. The molecule has 3 nitrogen and oxygen atoms in total. The van der Waals surface area contributed by atoms with Crippen molar-refractivity contribution in [1.82, 2.24) is 4.57 Å². The zero-order valence-corrected chi connectivity index (χ0v) is 13.8. The summed E-state index contributed by atoms with van der Waals surface area (Å²) >= 11 is 0. The molecule has 2 aromatic carbocycles. The molecule has 0 saturated carbocycles. The number of nitrogens with one attached hydrogen (secondary N) is 1. The normalized spacial score (nSPS) is 10.7. The van der Waals surface area contributed by atoms with Crippen molar-refractivity contribution in [2.24, 2.45) is 0 Å². The Morgan fingerprint density at radius 1 is 0.880 bits per heavy atom. The lowest BCUT2D eigenvalue weighted by atomic mass is 10.2. The quantitative estimate of drug-likeness (QED) is 0.759. The third kappa shape index (κ3) is 4.32. The van der Waals surface area contributed by atoms with Gasteiger partial charge in [0.15, 0.2) is 0 Å². The van der Waals surface area contributed by atoms with Crippen LogP contribution in [0.25, 0.3) is 0 Å². The fourth-order valence-electron chi connectivity index (χ4n) is 2.61. The molecule has 0 spiro atoms. The number of aromatic nitrogens is 1. The first-order valence-electron chi connectivity index (χ1n) is 7.95. The van der Waals surface area contributed by atoms with Crippen molar-refractivity contribution in [3.05, 3.63) is 99.5 Å². The van der Waals surface area contributed by atoms with Crippen LogP contribution in [0, 0.1) is 18.6 Å². The lowest BCUT2D eigenvalue weighted by Gasteiger charge is -2.13. The summed E-state index contributed by atoms with van der Waals surface area (Å²) in [6, 6.07) is 15.7. The minimum Gasteiger partial charge on any atom is -0.381 e. The molecule has 0 aliphatic heterocycles. The van der Waals surface area contributed by atoms with Gasteiger partial charge in [0.1, 0.15) is 11.6 Å². The van der Waals surface area contributed by atoms with Crippen molar-refractivity contribution in [2.45, 2.75) is 20.0 Å². The van der Waals surface area contributed by atoms with Crippen molar-refractivity contribution in [2.75, 3.05) is 5.32 Å². The first-order valence-corrected chi connectivity index (χ1v) is 7.95. The van der Waals surface area contributed by atoms with Crippen LogP contribution in [-0.2, 0) is 13.1 Å². The second-order valence-electron chi connectivity index (χ2n) is 5.92. The summed E-state index contributed by atoms with van der Waals surface area (Å²) in [5, 5.41) is 3.18. The van der Waals surface area contributed by atoms with Gasteiger partial charge < -0.3 is 9.88 Å². The average molecular weight is 340 g/mol. The summed E-state index contributed by atoms with van der Waals surface area (Å²) in [5.74, 6) is -0.573. The second kappa shape index (κ2) is 7.30. The van der Waals surface area contributed by atoms with Crippen LogP contribution in [0.15, 0.2) is 65.5 Å². The predicted molar refractivity (Wildman–Crippen MR) is 94.7 cm³/mol. The molecule has 128 valence electrons. The van der Waals surface area contributed by atoms with Gasteiger partial charge >= 0.3 is 0 Å². The van der Waals surface area contributed by atoms with Crippen LogP contribution in [-0.4, -0.2) is 4.57 Å². The molecule has 0 aliphatic carbocycles. The molecule has 0 atom stereocenters. The number of pyridine rings is 1. The minimum absolute atomic E-state index is 0.133. The first kappa shape index (κ1) is 16.9. The van der Waals surface area contributed by atoms with E-state index in [1.807, 2.05) is 13.0 Å². The van der Waals surface area contributed by atoms with Gasteiger partial charge in [-0.1, -0.05) is 24.3 Å². The molecular weight excluding hydrogens is 322 g/mol. The monoisotopic (exact) mass is 340 g/mol. The summed E-state index contributed by atoms with van der Waals surface area (Å²) in [7, 11) is 0. The van der Waals surface area contributed by atoms with Gasteiger partial charge in [-0.05, 0) is 48.4 Å². The van der Waals surface area contributed by atoms with Gasteiger partial charge in [-0.25, -0.2) is 8.78 Å². The van der Waals surface area contributed by atoms with Crippen molar-refractivity contribution in [3.8, 4) is 0 Å². The Morgan fingerprint density at radius 3 is 2.00 bits per heavy atom. The van der Waals surface area contributed by atoms with Gasteiger partial charge in [0, 0.05) is 24.0 Å². The highest BCUT2D eigenvalue weighted by atomic mass is 19.1. The number of benzene rings is 2. The predicted octanol–water partition coefficient (Wildman–Crippen LogP) is 4.10. The van der Waals surface area contributed by atoms with Crippen LogP contribution >= 0.6 is 0 Å². The highest BCUT2D eigenvalue weighted by Crippen LogP contribution is 2.12. The molecular formula is C20H18F2N2O. The van der Waals surface area contributed by atoms with E-state index in [0.29, 0.717) is 18.8 Å². The number of anilines is 1. The first-order chi connectivity index (χ1) is 12.0. The lowest BCUT2D eigenvalue weighted by molar-refractivity contribution is 0.625. The number of nitrogens with zero attached hydrogens (tertiary/aromatic N) is 1. The highest BCUT2D eigenvalue weighted by Gasteiger charge is 2.05. The Morgan fingerprint density at radius 2 is 1.44 bits per heavy atom. The maximum absolute atomic E-state index is 13.0. The van der Waals surface area contributed by atoms with Gasteiger partial charge in [-0.2, -0.15) is 0 Å². The maximum Gasteiger partial charge on any atom is 0.253 e. The smallest absolute Gasteiger partial charge is 0.253 e. The molecule has 3 aromatic rings. The van der Waals surface area contributed by atoms with E-state index in [0.717, 1.165) is 16.8 Å². The van der Waals surface area contributed by atoms with E-state index in [4.69, 9.17) is 0 Å². The summed E-state index contributed by atoms with van der Waals surface area (Å²) in [6.07, 6.45) is 0. The minimum atomic E-state index is -0.298. The van der Waals surface area contributed by atoms with Gasteiger partial charge in [-0.15, -0.1) is 0 Å². The Kier molecular flexibility index (Phi) is 4.93. The molecule has 1 aromatic heterocycles. The van der Waals surface area contributed by atoms with Crippen LogP contribution in [0.2, 0.25) is 0 Å². The summed E-state index contributed by atoms with van der Waals surface area (Å²) in [5.41, 5.74) is 3.17. The Balaban J connectivity index is 1.74. The van der Waals surface area contributed by atoms with Crippen molar-refractivity contribution in [3.63, 3.8) is 0 Å². The Hall–Kier alpha value is -2.95. The molecule has 0 saturated heterocycles. The van der Waals surface area contributed by atoms with Gasteiger partial charge in [0.05, 0.1) is 6.54 Å². The Labute approximate surface area is 144 Å². The molecule has 0 bridgehead atoms. The van der Waals surface area contributed by atoms with Crippen LogP contribution in [0.4, 0.5) is 14.5 Å². The average Bonchev–Trinajstić information content (AvgIpc) is 2.59. The summed E-state index contributed by atoms with van der Waals surface area (Å²) in [6.45, 7) is 2.75. The van der Waals surface area contributed by atoms with E-state index >= 15 is 0 Å². The molecule has 5 heteroatoms. The summed E-state index contributed by atoms with van der Waals surface area (Å²) < 4.78 is 27.5. The Bertz CT molecular complexity index is 916. The van der Waals surface area contributed by atoms with Crippen molar-refractivity contribution >= 4 is 5.69 Å². The molecule has 3 rings (SSSR count). The molecule has 1 heterocycles. The van der Waals surface area contributed by atoms with E-state index in [9.17, 15) is 13.6 Å². The standard InChI is InChI=1S/C20H18F2N2O/c1-14-10-19(23-12-15-2-6-17(21)7-3-15)11-20(25)24(14)13-16-4-8-18(22)9-5-16/h2-11,23H,12-13H2,1H3. The number of aryl methyl sites for hydroxylation is 1. The maximum atomic E-state index is 13.0. The lowest BCUT2D eigenvalue weighted by Crippen LogP contribution is -2.22. The van der Waals surface area contributed by atoms with Crippen molar-refractivity contribution < 1.29 is 8.78 Å². The van der Waals surface area contributed by atoms with Crippen LogP contribution < -0.4 is 10.9 Å². The number of rotatable bonds is 5. The molecule has 0 fully saturated rings. The van der Waals surface area contributed by atoms with E-state index in [1.165, 1.54) is 30.3 Å².